The molecule has 7 heteroatoms. The Morgan fingerprint density at radius 3 is 2.70 bits per heavy atom. The van der Waals surface area contributed by atoms with Crippen LogP contribution in [-0.4, -0.2) is 10.1 Å². The Hall–Kier alpha value is -1.17. The van der Waals surface area contributed by atoms with Gasteiger partial charge in [0.2, 0.25) is 0 Å². The lowest BCUT2D eigenvalue weighted by molar-refractivity contribution is 0.372. The van der Waals surface area contributed by atoms with Gasteiger partial charge in [0.1, 0.15) is 5.82 Å². The average Bonchev–Trinajstić information content (AvgIpc) is 3.02. The second kappa shape index (κ2) is 5.68. The van der Waals surface area contributed by atoms with E-state index >= 15 is 0 Å². The van der Waals surface area contributed by atoms with Crippen molar-refractivity contribution in [1.29, 1.82) is 0 Å². The van der Waals surface area contributed by atoms with Gasteiger partial charge < -0.3 is 10.3 Å². The number of nitrogens with two attached hydrogens (primary N) is 1. The van der Waals surface area contributed by atoms with Crippen molar-refractivity contribution >= 4 is 24.0 Å². The van der Waals surface area contributed by atoms with Crippen molar-refractivity contribution in [1.82, 2.24) is 10.1 Å². The molecule has 1 fully saturated rings. The number of hydrogen-bond acceptors (Lipinski definition) is 4. The number of hydrogen-bond donors (Lipinski definition) is 1. The standard InChI is InChI=1S/C13H13ClFN3O.ClH/c14-10-4-3-8(15)7-9(10)11-17-12(18-19-11)13(16)5-1-2-6-13;/h3-4,7H,1-2,5-6,16H2;1H. The summed E-state index contributed by atoms with van der Waals surface area (Å²) in [7, 11) is 0. The van der Waals surface area contributed by atoms with Crippen molar-refractivity contribution in [2.45, 2.75) is 31.2 Å². The quantitative estimate of drug-likeness (QED) is 0.917. The van der Waals surface area contributed by atoms with E-state index in [0.717, 1.165) is 25.7 Å². The summed E-state index contributed by atoms with van der Waals surface area (Å²) in [5.41, 5.74) is 6.11. The van der Waals surface area contributed by atoms with Gasteiger partial charge in [-0.2, -0.15) is 4.98 Å². The van der Waals surface area contributed by atoms with Gasteiger partial charge in [-0.1, -0.05) is 29.6 Å². The van der Waals surface area contributed by atoms with Crippen LogP contribution in [0, 0.1) is 5.82 Å². The van der Waals surface area contributed by atoms with Crippen LogP contribution in [0.15, 0.2) is 22.7 Å². The van der Waals surface area contributed by atoms with Crippen LogP contribution in [0.1, 0.15) is 31.5 Å². The molecule has 2 aromatic rings. The third-order valence-corrected chi connectivity index (χ3v) is 3.86. The molecule has 0 bridgehead atoms. The maximum atomic E-state index is 13.2. The highest BCUT2D eigenvalue weighted by Gasteiger charge is 2.36. The summed E-state index contributed by atoms with van der Waals surface area (Å²) in [6.07, 6.45) is 3.79. The summed E-state index contributed by atoms with van der Waals surface area (Å²) in [4.78, 5) is 4.28. The van der Waals surface area contributed by atoms with Crippen molar-refractivity contribution < 1.29 is 8.91 Å². The molecule has 0 spiro atoms. The molecule has 0 amide bonds. The summed E-state index contributed by atoms with van der Waals surface area (Å²) >= 11 is 6.01. The Morgan fingerprint density at radius 1 is 1.30 bits per heavy atom. The first-order valence-electron chi connectivity index (χ1n) is 6.17. The molecule has 4 nitrogen and oxygen atoms in total. The van der Waals surface area contributed by atoms with E-state index in [0.29, 0.717) is 16.4 Å². The lowest BCUT2D eigenvalue weighted by atomic mass is 9.99. The molecule has 108 valence electrons. The number of halogens is 3. The van der Waals surface area contributed by atoms with E-state index in [1.165, 1.54) is 18.2 Å². The molecule has 20 heavy (non-hydrogen) atoms. The van der Waals surface area contributed by atoms with Gasteiger partial charge in [-0.05, 0) is 31.0 Å². The minimum Gasteiger partial charge on any atom is -0.334 e. The number of aromatic nitrogens is 2. The zero-order chi connectivity index (χ0) is 13.5. The molecule has 1 aliphatic carbocycles. The van der Waals surface area contributed by atoms with Crippen LogP contribution in [0.4, 0.5) is 4.39 Å². The van der Waals surface area contributed by atoms with Crippen LogP contribution < -0.4 is 5.73 Å². The minimum absolute atomic E-state index is 0. The Bertz CT molecular complexity index is 611. The summed E-state index contributed by atoms with van der Waals surface area (Å²) < 4.78 is 18.4. The highest BCUT2D eigenvalue weighted by atomic mass is 35.5. The van der Waals surface area contributed by atoms with Gasteiger partial charge in [-0.15, -0.1) is 12.4 Å². The van der Waals surface area contributed by atoms with E-state index in [-0.39, 0.29) is 18.3 Å². The van der Waals surface area contributed by atoms with Crippen LogP contribution in [0.25, 0.3) is 11.5 Å². The summed E-state index contributed by atoms with van der Waals surface area (Å²) in [6.45, 7) is 0. The fourth-order valence-electron chi connectivity index (χ4n) is 2.43. The molecule has 1 heterocycles. The molecule has 1 saturated carbocycles. The van der Waals surface area contributed by atoms with Crippen molar-refractivity contribution in [3.05, 3.63) is 34.9 Å². The second-order valence-corrected chi connectivity index (χ2v) is 5.32. The molecular formula is C13H14Cl2FN3O. The zero-order valence-corrected chi connectivity index (χ0v) is 12.2. The third kappa shape index (κ3) is 2.66. The molecule has 0 radical (unpaired) electrons. The predicted molar refractivity (Wildman–Crippen MR) is 76.3 cm³/mol. The van der Waals surface area contributed by atoms with E-state index in [1.54, 1.807) is 0 Å². The topological polar surface area (TPSA) is 64.9 Å². The highest BCUT2D eigenvalue weighted by molar-refractivity contribution is 6.33. The molecule has 1 aromatic heterocycles. The predicted octanol–water partition coefficient (Wildman–Crippen LogP) is 3.68. The van der Waals surface area contributed by atoms with Crippen LogP contribution in [-0.2, 0) is 5.54 Å². The van der Waals surface area contributed by atoms with Crippen LogP contribution >= 0.6 is 24.0 Å². The normalized spacial score (nSPS) is 16.9. The SMILES string of the molecule is Cl.NC1(c2noc(-c3cc(F)ccc3Cl)n2)CCCC1. The lowest BCUT2D eigenvalue weighted by Crippen LogP contribution is -2.34. The summed E-state index contributed by atoms with van der Waals surface area (Å²) in [5, 5.41) is 4.29. The monoisotopic (exact) mass is 317 g/mol. The van der Waals surface area contributed by atoms with E-state index < -0.39 is 11.4 Å². The first-order chi connectivity index (χ1) is 9.08. The Morgan fingerprint density at radius 2 is 2.00 bits per heavy atom. The van der Waals surface area contributed by atoms with Gasteiger partial charge in [0.25, 0.3) is 5.89 Å². The molecule has 0 unspecified atom stereocenters. The fraction of sp³-hybridized carbons (Fsp3) is 0.385. The Balaban J connectivity index is 0.00000147. The lowest BCUT2D eigenvalue weighted by Gasteiger charge is -2.17. The molecule has 0 aliphatic heterocycles. The maximum absolute atomic E-state index is 13.2. The van der Waals surface area contributed by atoms with Crippen molar-refractivity contribution in [3.63, 3.8) is 0 Å². The molecule has 1 aliphatic rings. The van der Waals surface area contributed by atoms with E-state index in [1.807, 2.05) is 0 Å². The van der Waals surface area contributed by atoms with Crippen LogP contribution in [0.2, 0.25) is 5.02 Å². The average molecular weight is 318 g/mol. The summed E-state index contributed by atoms with van der Waals surface area (Å²) in [5.74, 6) is 0.277. The number of nitrogens with zero attached hydrogens (tertiary/aromatic N) is 2. The van der Waals surface area contributed by atoms with Gasteiger partial charge in [0, 0.05) is 0 Å². The first-order valence-corrected chi connectivity index (χ1v) is 6.55. The van der Waals surface area contributed by atoms with Crippen molar-refractivity contribution in [2.24, 2.45) is 5.73 Å². The van der Waals surface area contributed by atoms with Gasteiger partial charge in [-0.3, -0.25) is 0 Å². The summed E-state index contributed by atoms with van der Waals surface area (Å²) in [6, 6.07) is 4.02. The molecule has 3 rings (SSSR count). The van der Waals surface area contributed by atoms with Gasteiger partial charge >= 0.3 is 0 Å². The highest BCUT2D eigenvalue weighted by Crippen LogP contribution is 2.36. The molecule has 2 N–H and O–H groups in total. The maximum Gasteiger partial charge on any atom is 0.259 e. The van der Waals surface area contributed by atoms with Gasteiger partial charge in [0.05, 0.1) is 16.1 Å². The second-order valence-electron chi connectivity index (χ2n) is 4.91. The van der Waals surface area contributed by atoms with Gasteiger partial charge in [-0.25, -0.2) is 4.39 Å². The zero-order valence-electron chi connectivity index (χ0n) is 10.6. The van der Waals surface area contributed by atoms with Crippen LogP contribution in [0.3, 0.4) is 0 Å². The smallest absolute Gasteiger partial charge is 0.259 e. The van der Waals surface area contributed by atoms with Gasteiger partial charge in [0.15, 0.2) is 5.82 Å². The van der Waals surface area contributed by atoms with E-state index in [4.69, 9.17) is 21.9 Å². The molecular weight excluding hydrogens is 304 g/mol. The Labute approximate surface area is 126 Å². The fourth-order valence-corrected chi connectivity index (χ4v) is 2.62. The minimum atomic E-state index is -0.526. The number of rotatable bonds is 2. The van der Waals surface area contributed by atoms with Crippen LogP contribution in [0.5, 0.6) is 0 Å². The van der Waals surface area contributed by atoms with Crippen molar-refractivity contribution in [3.8, 4) is 11.5 Å². The largest absolute Gasteiger partial charge is 0.334 e. The van der Waals surface area contributed by atoms with E-state index in [9.17, 15) is 4.39 Å². The number of benzene rings is 1. The third-order valence-electron chi connectivity index (χ3n) is 3.53. The Kier molecular flexibility index (Phi) is 4.32. The molecule has 1 aromatic carbocycles. The molecule has 0 saturated heterocycles. The molecule has 0 atom stereocenters. The van der Waals surface area contributed by atoms with Crippen molar-refractivity contribution in [2.75, 3.05) is 0 Å². The first kappa shape index (κ1) is 15.2. The van der Waals surface area contributed by atoms with E-state index in [2.05, 4.69) is 10.1 Å².